The van der Waals surface area contributed by atoms with Crippen LogP contribution in [0.15, 0.2) is 5.16 Å². The summed E-state index contributed by atoms with van der Waals surface area (Å²) in [7, 11) is 0. The zero-order chi connectivity index (χ0) is 19.5. The van der Waals surface area contributed by atoms with Crippen molar-refractivity contribution in [3.05, 3.63) is 0 Å². The summed E-state index contributed by atoms with van der Waals surface area (Å²) in [5.41, 5.74) is 1.72. The predicted molar refractivity (Wildman–Crippen MR) is 111 cm³/mol. The first-order valence-corrected chi connectivity index (χ1v) is 11.9. The standard InChI is InChI=1S/C24H38N2O2/c1-15-12-18-19-4-5-22(27)24(19,3)10-7-20(18)23(2)9-6-16(13-21(15)23)26-28-17-8-11-25-14-17/h15,17-21,25H,4-14H2,1-3H3/b26-16+/t15?,17-,18+,19+,20-,21?,23-,24+/m1/s1. The SMILES string of the molecule is CC1C[C@@H]2[C@@H](CC[C@]3(C)C(=O)CC[C@@H]23)[C@@]2(C)CC/C(=N\O[C@@H]3CCNC3)CC12. The number of Topliss-reactive ketones (excluding diaryl/α,β-unsaturated/α-hetero) is 1. The van der Waals surface area contributed by atoms with Crippen LogP contribution in [0.4, 0.5) is 0 Å². The van der Waals surface area contributed by atoms with Gasteiger partial charge in [0.25, 0.3) is 0 Å². The Morgan fingerprint density at radius 1 is 1.07 bits per heavy atom. The molecule has 5 aliphatic rings. The van der Waals surface area contributed by atoms with Crippen molar-refractivity contribution in [1.29, 1.82) is 0 Å². The molecule has 8 atom stereocenters. The number of nitrogens with one attached hydrogen (secondary N) is 1. The maximum absolute atomic E-state index is 12.6. The van der Waals surface area contributed by atoms with Crippen LogP contribution < -0.4 is 5.32 Å². The van der Waals surface area contributed by atoms with Gasteiger partial charge in [-0.1, -0.05) is 25.9 Å². The third-order valence-electron chi connectivity index (χ3n) is 9.92. The normalized spacial score (nSPS) is 52.2. The molecule has 1 heterocycles. The first-order chi connectivity index (χ1) is 13.4. The molecule has 4 nitrogen and oxygen atoms in total. The first kappa shape index (κ1) is 19.1. The lowest BCUT2D eigenvalue weighted by atomic mass is 9.43. The van der Waals surface area contributed by atoms with Gasteiger partial charge in [0.2, 0.25) is 0 Å². The van der Waals surface area contributed by atoms with Crippen molar-refractivity contribution in [3.63, 3.8) is 0 Å². The van der Waals surface area contributed by atoms with E-state index < -0.39 is 0 Å². The van der Waals surface area contributed by atoms with Crippen molar-refractivity contribution in [3.8, 4) is 0 Å². The van der Waals surface area contributed by atoms with Crippen molar-refractivity contribution in [1.82, 2.24) is 5.32 Å². The lowest BCUT2D eigenvalue weighted by molar-refractivity contribution is -0.141. The Labute approximate surface area is 170 Å². The Hall–Kier alpha value is -0.900. The lowest BCUT2D eigenvalue weighted by Crippen LogP contribution is -2.56. The highest BCUT2D eigenvalue weighted by Crippen LogP contribution is 2.66. The van der Waals surface area contributed by atoms with Gasteiger partial charge in [0.1, 0.15) is 11.9 Å². The molecule has 0 spiro atoms. The summed E-state index contributed by atoms with van der Waals surface area (Å²) in [6, 6.07) is 0. The van der Waals surface area contributed by atoms with Crippen molar-refractivity contribution in [2.45, 2.75) is 84.7 Å². The molecule has 4 heteroatoms. The van der Waals surface area contributed by atoms with Crippen LogP contribution in [0.1, 0.15) is 78.6 Å². The highest BCUT2D eigenvalue weighted by Gasteiger charge is 2.61. The molecular weight excluding hydrogens is 348 g/mol. The minimum atomic E-state index is -0.00543. The molecule has 0 aromatic carbocycles. The van der Waals surface area contributed by atoms with Crippen LogP contribution in [0.3, 0.4) is 0 Å². The second kappa shape index (κ2) is 6.82. The third-order valence-corrected chi connectivity index (χ3v) is 9.92. The minimum Gasteiger partial charge on any atom is -0.391 e. The molecule has 1 aliphatic heterocycles. The summed E-state index contributed by atoms with van der Waals surface area (Å²) in [4.78, 5) is 18.5. The van der Waals surface area contributed by atoms with Crippen molar-refractivity contribution < 1.29 is 9.63 Å². The molecule has 4 saturated carbocycles. The van der Waals surface area contributed by atoms with Crippen LogP contribution in [-0.4, -0.2) is 30.7 Å². The van der Waals surface area contributed by atoms with Gasteiger partial charge in [0, 0.05) is 24.8 Å². The van der Waals surface area contributed by atoms with E-state index in [-0.39, 0.29) is 11.5 Å². The van der Waals surface area contributed by atoms with E-state index >= 15 is 0 Å². The zero-order valence-corrected chi connectivity index (χ0v) is 18.0. The molecule has 5 fully saturated rings. The number of nitrogens with zero attached hydrogens (tertiary/aromatic N) is 1. The number of hydrogen-bond acceptors (Lipinski definition) is 4. The number of fused-ring (bicyclic) bond motifs is 5. The molecule has 1 saturated heterocycles. The fourth-order valence-electron chi connectivity index (χ4n) is 8.25. The summed E-state index contributed by atoms with van der Waals surface area (Å²) in [6.45, 7) is 9.36. The topological polar surface area (TPSA) is 50.7 Å². The van der Waals surface area contributed by atoms with Crippen LogP contribution in [-0.2, 0) is 9.63 Å². The quantitative estimate of drug-likeness (QED) is 0.707. The molecule has 2 unspecified atom stereocenters. The van der Waals surface area contributed by atoms with E-state index in [9.17, 15) is 4.79 Å². The van der Waals surface area contributed by atoms with Gasteiger partial charge in [-0.15, -0.1) is 0 Å². The van der Waals surface area contributed by atoms with E-state index in [2.05, 4.69) is 31.2 Å². The van der Waals surface area contributed by atoms with Gasteiger partial charge in [-0.25, -0.2) is 0 Å². The van der Waals surface area contributed by atoms with Gasteiger partial charge < -0.3 is 10.2 Å². The zero-order valence-electron chi connectivity index (χ0n) is 18.0. The Kier molecular flexibility index (Phi) is 4.65. The molecule has 1 N–H and O–H groups in total. The van der Waals surface area contributed by atoms with Crippen molar-refractivity contribution >= 4 is 11.5 Å². The van der Waals surface area contributed by atoms with Crippen LogP contribution in [0.25, 0.3) is 0 Å². The summed E-state index contributed by atoms with van der Waals surface area (Å²) in [6.07, 6.45) is 10.5. The number of rotatable bonds is 2. The summed E-state index contributed by atoms with van der Waals surface area (Å²) >= 11 is 0. The number of carbonyl (C=O) groups is 1. The molecule has 156 valence electrons. The predicted octanol–water partition coefficient (Wildman–Crippen LogP) is 4.58. The van der Waals surface area contributed by atoms with Gasteiger partial charge >= 0.3 is 0 Å². The van der Waals surface area contributed by atoms with E-state index in [0.717, 1.165) is 75.3 Å². The Morgan fingerprint density at radius 3 is 2.71 bits per heavy atom. The summed E-state index contributed by atoms with van der Waals surface area (Å²) in [5, 5.41) is 7.99. The second-order valence-corrected chi connectivity index (χ2v) is 11.2. The maximum atomic E-state index is 12.6. The van der Waals surface area contributed by atoms with Gasteiger partial charge in [0.05, 0.1) is 5.71 Å². The number of hydrogen-bond donors (Lipinski definition) is 1. The van der Waals surface area contributed by atoms with Crippen LogP contribution in [0.5, 0.6) is 0 Å². The third kappa shape index (κ3) is 2.80. The van der Waals surface area contributed by atoms with E-state index in [1.165, 1.54) is 25.0 Å². The minimum absolute atomic E-state index is 0.00543. The molecule has 0 aromatic heterocycles. The Balaban J connectivity index is 1.34. The van der Waals surface area contributed by atoms with Crippen LogP contribution in [0.2, 0.25) is 0 Å². The van der Waals surface area contributed by atoms with Gasteiger partial charge in [-0.05, 0) is 86.5 Å². The molecule has 28 heavy (non-hydrogen) atoms. The Morgan fingerprint density at radius 2 is 1.93 bits per heavy atom. The highest BCUT2D eigenvalue weighted by atomic mass is 16.6. The summed E-state index contributed by atoms with van der Waals surface area (Å²) < 4.78 is 0. The molecule has 0 radical (unpaired) electrons. The average molecular weight is 387 g/mol. The van der Waals surface area contributed by atoms with Crippen LogP contribution >= 0.6 is 0 Å². The van der Waals surface area contributed by atoms with Crippen LogP contribution in [0, 0.1) is 40.4 Å². The first-order valence-electron chi connectivity index (χ1n) is 11.9. The molecule has 4 aliphatic carbocycles. The number of oxime groups is 1. The molecule has 5 rings (SSSR count). The number of ketones is 1. The lowest BCUT2D eigenvalue weighted by Gasteiger charge is -2.61. The molecule has 0 amide bonds. The molecular formula is C24H38N2O2. The van der Waals surface area contributed by atoms with Crippen molar-refractivity contribution in [2.24, 2.45) is 45.6 Å². The fraction of sp³-hybridized carbons (Fsp3) is 0.917. The molecule has 0 aromatic rings. The smallest absolute Gasteiger partial charge is 0.141 e. The van der Waals surface area contributed by atoms with E-state index in [1.54, 1.807) is 0 Å². The summed E-state index contributed by atoms with van der Waals surface area (Å²) in [5.74, 6) is 4.23. The average Bonchev–Trinajstić information content (AvgIpc) is 3.29. The van der Waals surface area contributed by atoms with E-state index in [0.29, 0.717) is 17.1 Å². The molecule has 0 bridgehead atoms. The van der Waals surface area contributed by atoms with Crippen molar-refractivity contribution in [2.75, 3.05) is 13.1 Å². The van der Waals surface area contributed by atoms with Gasteiger partial charge in [-0.3, -0.25) is 4.79 Å². The largest absolute Gasteiger partial charge is 0.391 e. The monoisotopic (exact) mass is 386 g/mol. The number of carbonyl (C=O) groups excluding carboxylic acids is 1. The highest BCUT2D eigenvalue weighted by molar-refractivity contribution is 5.87. The van der Waals surface area contributed by atoms with E-state index in [1.807, 2.05) is 0 Å². The van der Waals surface area contributed by atoms with E-state index in [4.69, 9.17) is 4.84 Å². The van der Waals surface area contributed by atoms with Gasteiger partial charge in [-0.2, -0.15) is 0 Å². The fourth-order valence-corrected chi connectivity index (χ4v) is 8.25. The van der Waals surface area contributed by atoms with Gasteiger partial charge in [0.15, 0.2) is 0 Å². The maximum Gasteiger partial charge on any atom is 0.141 e. The second-order valence-electron chi connectivity index (χ2n) is 11.2. The Bertz CT molecular complexity index is 670.